The molecule has 34 heavy (non-hydrogen) atoms. The van der Waals surface area contributed by atoms with Gasteiger partial charge >= 0.3 is 0 Å². The molecular formula is C27H27N5O2. The Balaban J connectivity index is 1.87. The predicted molar refractivity (Wildman–Crippen MR) is 132 cm³/mol. The monoisotopic (exact) mass is 453 g/mol. The van der Waals surface area contributed by atoms with Crippen molar-refractivity contribution < 1.29 is 9.53 Å². The van der Waals surface area contributed by atoms with Crippen molar-refractivity contribution in [1.82, 2.24) is 9.47 Å². The van der Waals surface area contributed by atoms with E-state index in [2.05, 4.69) is 24.0 Å². The summed E-state index contributed by atoms with van der Waals surface area (Å²) in [4.78, 5) is 15.0. The van der Waals surface area contributed by atoms with Crippen molar-refractivity contribution in [3.05, 3.63) is 89.1 Å². The Morgan fingerprint density at radius 1 is 1.18 bits per heavy atom. The predicted octanol–water partition coefficient (Wildman–Crippen LogP) is 4.47. The van der Waals surface area contributed by atoms with E-state index in [1.54, 1.807) is 19.3 Å². The summed E-state index contributed by atoms with van der Waals surface area (Å²) in [7, 11) is 1.60. The molecule has 2 aromatic carbocycles. The molecule has 172 valence electrons. The van der Waals surface area contributed by atoms with Crippen LogP contribution in [0.1, 0.15) is 27.9 Å². The van der Waals surface area contributed by atoms with E-state index < -0.39 is 0 Å². The van der Waals surface area contributed by atoms with Gasteiger partial charge in [0.2, 0.25) is 5.91 Å². The highest BCUT2D eigenvalue weighted by molar-refractivity contribution is 5.93. The highest BCUT2D eigenvalue weighted by Gasteiger charge is 2.21. The zero-order valence-corrected chi connectivity index (χ0v) is 19.6. The minimum atomic E-state index is -0.248. The summed E-state index contributed by atoms with van der Waals surface area (Å²) in [6, 6.07) is 19.1. The first kappa shape index (κ1) is 24.3. The van der Waals surface area contributed by atoms with E-state index in [1.807, 2.05) is 65.8 Å². The molecule has 0 atom stereocenters. The molecule has 7 nitrogen and oxygen atoms in total. The summed E-state index contributed by atoms with van der Waals surface area (Å²) in [5, 5.41) is 21.9. The molecule has 7 heteroatoms. The Morgan fingerprint density at radius 2 is 1.91 bits per heavy atom. The second kappa shape index (κ2) is 11.0. The van der Waals surface area contributed by atoms with Crippen LogP contribution >= 0.6 is 0 Å². The van der Waals surface area contributed by atoms with Gasteiger partial charge in [0.1, 0.15) is 17.6 Å². The minimum absolute atomic E-state index is 0.0968. The third-order valence-electron chi connectivity index (χ3n) is 5.63. The van der Waals surface area contributed by atoms with Crippen molar-refractivity contribution in [3.8, 4) is 23.6 Å². The number of methoxy groups -OCH3 is 1. The third kappa shape index (κ3) is 5.35. The van der Waals surface area contributed by atoms with Gasteiger partial charge in [-0.3, -0.25) is 14.3 Å². The van der Waals surface area contributed by atoms with Crippen LogP contribution in [-0.2, 0) is 11.3 Å². The number of amides is 1. The van der Waals surface area contributed by atoms with Crippen molar-refractivity contribution in [3.63, 3.8) is 0 Å². The molecular weight excluding hydrogens is 426 g/mol. The zero-order valence-electron chi connectivity index (χ0n) is 19.6. The van der Waals surface area contributed by atoms with Crippen LogP contribution in [0.2, 0.25) is 0 Å². The molecule has 0 aliphatic heterocycles. The molecule has 0 radical (unpaired) electrons. The second-order valence-electron chi connectivity index (χ2n) is 7.90. The van der Waals surface area contributed by atoms with Crippen LogP contribution in [-0.4, -0.2) is 35.6 Å². The van der Waals surface area contributed by atoms with Gasteiger partial charge in [-0.15, -0.1) is 6.58 Å². The van der Waals surface area contributed by atoms with Gasteiger partial charge in [0.25, 0.3) is 0 Å². The number of nitriles is 2. The van der Waals surface area contributed by atoms with Crippen molar-refractivity contribution in [2.24, 2.45) is 0 Å². The fraction of sp³-hybridized carbons (Fsp3) is 0.222. The summed E-state index contributed by atoms with van der Waals surface area (Å²) < 4.78 is 7.12. The normalized spacial score (nSPS) is 10.4. The number of hydrogen-bond donors (Lipinski definition) is 1. The summed E-state index contributed by atoms with van der Waals surface area (Å²) in [6.07, 6.45) is 1.73. The molecule has 0 saturated heterocycles. The van der Waals surface area contributed by atoms with Crippen LogP contribution < -0.4 is 10.1 Å². The molecule has 0 spiro atoms. The summed E-state index contributed by atoms with van der Waals surface area (Å²) in [5.74, 6) is 0.914. The summed E-state index contributed by atoms with van der Waals surface area (Å²) in [5.41, 5.74) is 4.42. The molecule has 0 unspecified atom stereocenters. The summed E-state index contributed by atoms with van der Waals surface area (Å²) in [6.45, 7) is 8.66. The lowest BCUT2D eigenvalue weighted by Crippen LogP contribution is -2.33. The Morgan fingerprint density at radius 3 is 2.53 bits per heavy atom. The van der Waals surface area contributed by atoms with Crippen LogP contribution in [0.3, 0.4) is 0 Å². The lowest BCUT2D eigenvalue weighted by molar-refractivity contribution is -0.117. The van der Waals surface area contributed by atoms with Gasteiger partial charge in [0, 0.05) is 24.5 Å². The number of rotatable bonds is 9. The zero-order chi connectivity index (χ0) is 24.7. The molecule has 0 aliphatic rings. The molecule has 1 amide bonds. The van der Waals surface area contributed by atoms with Gasteiger partial charge in [0.05, 0.1) is 30.9 Å². The molecule has 0 aliphatic carbocycles. The fourth-order valence-corrected chi connectivity index (χ4v) is 3.85. The lowest BCUT2D eigenvalue weighted by Gasteiger charge is -2.21. The van der Waals surface area contributed by atoms with Crippen LogP contribution in [0.15, 0.2) is 61.2 Å². The molecule has 1 heterocycles. The summed E-state index contributed by atoms with van der Waals surface area (Å²) >= 11 is 0. The fourth-order valence-electron chi connectivity index (χ4n) is 3.85. The van der Waals surface area contributed by atoms with E-state index >= 15 is 0 Å². The molecule has 0 fully saturated rings. The number of anilines is 1. The van der Waals surface area contributed by atoms with E-state index in [0.29, 0.717) is 30.0 Å². The van der Waals surface area contributed by atoms with Crippen molar-refractivity contribution in [2.75, 3.05) is 25.5 Å². The Hall–Kier alpha value is -4.33. The number of nitrogens with one attached hydrogen (secondary N) is 1. The number of carbonyl (C=O) groups excluding carboxylic acids is 1. The van der Waals surface area contributed by atoms with Crippen LogP contribution in [0.4, 0.5) is 5.82 Å². The average molecular weight is 454 g/mol. The first-order chi connectivity index (χ1) is 16.4. The minimum Gasteiger partial charge on any atom is -0.497 e. The highest BCUT2D eigenvalue weighted by atomic mass is 16.5. The van der Waals surface area contributed by atoms with Crippen LogP contribution in [0, 0.1) is 36.5 Å². The van der Waals surface area contributed by atoms with E-state index in [0.717, 1.165) is 28.3 Å². The molecule has 1 N–H and O–H groups in total. The molecule has 3 aromatic rings. The number of hydrogen-bond acceptors (Lipinski definition) is 5. The first-order valence-electron chi connectivity index (χ1n) is 10.8. The second-order valence-corrected chi connectivity index (χ2v) is 7.90. The molecule has 3 rings (SSSR count). The Bertz CT molecular complexity index is 1280. The van der Waals surface area contributed by atoms with Gasteiger partial charge in [-0.1, -0.05) is 18.2 Å². The third-order valence-corrected chi connectivity index (χ3v) is 5.63. The van der Waals surface area contributed by atoms with Gasteiger partial charge in [-0.05, 0) is 61.4 Å². The van der Waals surface area contributed by atoms with Gasteiger partial charge in [-0.25, -0.2) is 0 Å². The van der Waals surface area contributed by atoms with E-state index in [1.165, 1.54) is 0 Å². The van der Waals surface area contributed by atoms with Crippen molar-refractivity contribution in [2.45, 2.75) is 20.4 Å². The smallest absolute Gasteiger partial charge is 0.239 e. The quantitative estimate of drug-likeness (QED) is 0.482. The number of aromatic nitrogens is 1. The largest absolute Gasteiger partial charge is 0.497 e. The maximum Gasteiger partial charge on any atom is 0.239 e. The van der Waals surface area contributed by atoms with Crippen LogP contribution in [0.25, 0.3) is 5.69 Å². The number of nitrogens with zero attached hydrogens (tertiary/aromatic N) is 4. The van der Waals surface area contributed by atoms with Crippen LogP contribution in [0.5, 0.6) is 5.75 Å². The molecule has 1 aromatic heterocycles. The molecule has 0 saturated carbocycles. The van der Waals surface area contributed by atoms with Crippen molar-refractivity contribution >= 4 is 11.7 Å². The topological polar surface area (TPSA) is 94.1 Å². The molecule has 0 bridgehead atoms. The number of benzene rings is 2. The Labute approximate surface area is 200 Å². The first-order valence-corrected chi connectivity index (χ1v) is 10.8. The van der Waals surface area contributed by atoms with Gasteiger partial charge in [-0.2, -0.15) is 10.5 Å². The van der Waals surface area contributed by atoms with E-state index in [4.69, 9.17) is 10.00 Å². The Kier molecular flexibility index (Phi) is 7.87. The van der Waals surface area contributed by atoms with Gasteiger partial charge < -0.3 is 10.1 Å². The highest BCUT2D eigenvalue weighted by Crippen LogP contribution is 2.30. The number of carbonyl (C=O) groups is 1. The van der Waals surface area contributed by atoms with E-state index in [-0.39, 0.29) is 12.5 Å². The lowest BCUT2D eigenvalue weighted by atomic mass is 10.1. The average Bonchev–Trinajstić information content (AvgIpc) is 3.07. The standard InChI is InChI=1S/C27H27N5O2/c1-5-13-31(17-22-8-6-7-21(14-22)15-28)18-26(33)30-27-25(16-29)19(2)20(3)32(27)23-9-11-24(34-4)12-10-23/h5-12,14H,1,13,17-18H2,2-4H3,(H,30,33). The maximum absolute atomic E-state index is 13.1. The van der Waals surface area contributed by atoms with E-state index in [9.17, 15) is 10.1 Å². The SMILES string of the molecule is C=CCN(CC(=O)Nc1c(C#N)c(C)c(C)n1-c1ccc(OC)cc1)Cc1cccc(C#N)c1. The number of ether oxygens (including phenoxy) is 1. The van der Waals surface area contributed by atoms with Gasteiger partial charge in [0.15, 0.2) is 0 Å². The van der Waals surface area contributed by atoms with Crippen molar-refractivity contribution in [1.29, 1.82) is 10.5 Å². The maximum atomic E-state index is 13.1.